The van der Waals surface area contributed by atoms with Gasteiger partial charge in [-0.05, 0) is 37.8 Å². The summed E-state index contributed by atoms with van der Waals surface area (Å²) in [6.07, 6.45) is 6.27. The first-order valence-corrected chi connectivity index (χ1v) is 8.81. The molecule has 2 heterocycles. The Morgan fingerprint density at radius 2 is 1.86 bits per heavy atom. The fraction of sp³-hybridized carbons (Fsp3) is 0.647. The number of aliphatic hydroxyl groups excluding tert-OH is 1. The number of nitrogens with zero attached hydrogens (tertiary/aromatic N) is 1. The van der Waals surface area contributed by atoms with Gasteiger partial charge >= 0.3 is 0 Å². The molecule has 1 aromatic carbocycles. The first kappa shape index (κ1) is 15.6. The molecule has 0 aliphatic carbocycles. The maximum atomic E-state index is 9.74. The monoisotopic (exact) mass is 328 g/mol. The SMILES string of the molecule is OCC1CCC[N+]2(Cc3ccc(Cl)c(Cl)c3)CCCCC12. The van der Waals surface area contributed by atoms with Crippen molar-refractivity contribution < 1.29 is 9.59 Å². The van der Waals surface area contributed by atoms with Gasteiger partial charge in [0.1, 0.15) is 6.54 Å². The van der Waals surface area contributed by atoms with Crippen LogP contribution in [0.4, 0.5) is 0 Å². The summed E-state index contributed by atoms with van der Waals surface area (Å²) in [5.74, 6) is 0.474. The predicted molar refractivity (Wildman–Crippen MR) is 87.6 cm³/mol. The van der Waals surface area contributed by atoms with Gasteiger partial charge in [0.05, 0.1) is 35.8 Å². The average molecular weight is 329 g/mol. The molecular weight excluding hydrogens is 305 g/mol. The van der Waals surface area contributed by atoms with Crippen LogP contribution in [0.5, 0.6) is 0 Å². The van der Waals surface area contributed by atoms with Crippen LogP contribution in [-0.2, 0) is 6.54 Å². The zero-order chi connectivity index (χ0) is 14.9. The number of rotatable bonds is 3. The maximum absolute atomic E-state index is 9.74. The molecule has 0 radical (unpaired) electrons. The van der Waals surface area contributed by atoms with Crippen molar-refractivity contribution in [3.63, 3.8) is 0 Å². The van der Waals surface area contributed by atoms with E-state index in [1.807, 2.05) is 12.1 Å². The van der Waals surface area contributed by atoms with Crippen molar-refractivity contribution in [3.05, 3.63) is 33.8 Å². The summed E-state index contributed by atoms with van der Waals surface area (Å²) in [5, 5.41) is 11.0. The zero-order valence-corrected chi connectivity index (χ0v) is 13.9. The molecule has 116 valence electrons. The van der Waals surface area contributed by atoms with Crippen molar-refractivity contribution in [1.29, 1.82) is 0 Å². The molecule has 0 aromatic heterocycles. The Morgan fingerprint density at radius 3 is 2.62 bits per heavy atom. The molecule has 0 saturated carbocycles. The number of benzene rings is 1. The highest BCUT2D eigenvalue weighted by Crippen LogP contribution is 2.39. The minimum Gasteiger partial charge on any atom is -0.396 e. The molecule has 0 bridgehead atoms. The molecule has 3 unspecified atom stereocenters. The number of fused-ring (bicyclic) bond motifs is 1. The van der Waals surface area contributed by atoms with E-state index in [4.69, 9.17) is 23.2 Å². The summed E-state index contributed by atoms with van der Waals surface area (Å²) in [6.45, 7) is 3.84. The third-order valence-corrected chi connectivity index (χ3v) is 6.23. The first-order valence-electron chi connectivity index (χ1n) is 8.05. The fourth-order valence-corrected chi connectivity index (χ4v) is 4.85. The van der Waals surface area contributed by atoms with E-state index in [-0.39, 0.29) is 0 Å². The fourth-order valence-electron chi connectivity index (χ4n) is 4.53. The largest absolute Gasteiger partial charge is 0.396 e. The van der Waals surface area contributed by atoms with Gasteiger partial charge in [-0.3, -0.25) is 0 Å². The van der Waals surface area contributed by atoms with E-state index in [2.05, 4.69) is 6.07 Å². The summed E-state index contributed by atoms with van der Waals surface area (Å²) in [5.41, 5.74) is 1.27. The minimum absolute atomic E-state index is 0.339. The highest BCUT2D eigenvalue weighted by Gasteiger charge is 2.46. The van der Waals surface area contributed by atoms with Crippen LogP contribution in [0.15, 0.2) is 18.2 Å². The van der Waals surface area contributed by atoms with Crippen molar-refractivity contribution >= 4 is 23.2 Å². The molecular formula is C17H24Cl2NO+. The van der Waals surface area contributed by atoms with Crippen molar-refractivity contribution in [3.8, 4) is 0 Å². The summed E-state index contributed by atoms with van der Waals surface area (Å²) in [4.78, 5) is 0. The van der Waals surface area contributed by atoms with Crippen molar-refractivity contribution in [2.45, 2.75) is 44.7 Å². The molecule has 0 amide bonds. The molecule has 3 atom stereocenters. The van der Waals surface area contributed by atoms with Gasteiger partial charge in [-0.15, -0.1) is 0 Å². The number of hydrogen-bond acceptors (Lipinski definition) is 1. The highest BCUT2D eigenvalue weighted by molar-refractivity contribution is 6.42. The second kappa shape index (κ2) is 6.45. The lowest BCUT2D eigenvalue weighted by Gasteiger charge is -2.53. The lowest BCUT2D eigenvalue weighted by Crippen LogP contribution is -2.63. The summed E-state index contributed by atoms with van der Waals surface area (Å²) >= 11 is 12.2. The lowest BCUT2D eigenvalue weighted by atomic mass is 9.81. The highest BCUT2D eigenvalue weighted by atomic mass is 35.5. The maximum Gasteiger partial charge on any atom is 0.105 e. The van der Waals surface area contributed by atoms with E-state index < -0.39 is 0 Å². The van der Waals surface area contributed by atoms with Gasteiger partial charge in [-0.2, -0.15) is 0 Å². The second-order valence-corrected chi connectivity index (χ2v) is 7.53. The molecule has 21 heavy (non-hydrogen) atoms. The number of halogens is 2. The quantitative estimate of drug-likeness (QED) is 0.822. The van der Waals surface area contributed by atoms with Gasteiger partial charge < -0.3 is 9.59 Å². The standard InChI is InChI=1S/C17H24Cl2NO/c18-15-7-6-13(10-16(15)19)11-20-8-2-1-5-17(20)14(12-21)4-3-9-20/h6-7,10,14,17,21H,1-5,8-9,11-12H2/q+1. The molecule has 1 N–H and O–H groups in total. The normalized spacial score (nSPS) is 32.7. The molecule has 0 spiro atoms. The van der Waals surface area contributed by atoms with Gasteiger partial charge in [0, 0.05) is 17.9 Å². The van der Waals surface area contributed by atoms with Crippen LogP contribution in [0.2, 0.25) is 10.0 Å². The lowest BCUT2D eigenvalue weighted by molar-refractivity contribution is -0.976. The average Bonchev–Trinajstić information content (AvgIpc) is 2.50. The van der Waals surface area contributed by atoms with Crippen LogP contribution < -0.4 is 0 Å². The molecule has 2 aliphatic heterocycles. The summed E-state index contributed by atoms with van der Waals surface area (Å²) in [7, 11) is 0. The predicted octanol–water partition coefficient (Wildman–Crippen LogP) is 4.27. The molecule has 2 saturated heterocycles. The van der Waals surface area contributed by atoms with Crippen molar-refractivity contribution in [1.82, 2.24) is 0 Å². The number of hydrogen-bond donors (Lipinski definition) is 1. The molecule has 1 aromatic rings. The number of piperidine rings is 2. The van der Waals surface area contributed by atoms with E-state index in [1.165, 1.54) is 50.8 Å². The smallest absolute Gasteiger partial charge is 0.105 e. The van der Waals surface area contributed by atoms with E-state index in [9.17, 15) is 5.11 Å². The van der Waals surface area contributed by atoms with E-state index in [0.717, 1.165) is 11.0 Å². The summed E-state index contributed by atoms with van der Waals surface area (Å²) in [6, 6.07) is 6.65. The van der Waals surface area contributed by atoms with Gasteiger partial charge in [0.15, 0.2) is 0 Å². The van der Waals surface area contributed by atoms with Gasteiger partial charge in [0.2, 0.25) is 0 Å². The Hall–Kier alpha value is -0.280. The first-order chi connectivity index (χ1) is 10.1. The van der Waals surface area contributed by atoms with Crippen LogP contribution in [0.25, 0.3) is 0 Å². The molecule has 2 nitrogen and oxygen atoms in total. The van der Waals surface area contributed by atoms with Crippen LogP contribution >= 0.6 is 23.2 Å². The Bertz CT molecular complexity index is 504. The Morgan fingerprint density at radius 1 is 1.05 bits per heavy atom. The van der Waals surface area contributed by atoms with Gasteiger partial charge in [-0.25, -0.2) is 0 Å². The molecule has 4 heteroatoms. The van der Waals surface area contributed by atoms with E-state index in [0.29, 0.717) is 28.6 Å². The van der Waals surface area contributed by atoms with Crippen LogP contribution in [0, 0.1) is 5.92 Å². The Labute approximate surface area is 137 Å². The van der Waals surface area contributed by atoms with E-state index >= 15 is 0 Å². The Balaban J connectivity index is 1.86. The third-order valence-electron chi connectivity index (χ3n) is 5.50. The molecule has 3 rings (SSSR count). The zero-order valence-electron chi connectivity index (χ0n) is 12.4. The Kier molecular flexibility index (Phi) is 4.80. The van der Waals surface area contributed by atoms with Crippen LogP contribution in [0.3, 0.4) is 0 Å². The second-order valence-electron chi connectivity index (χ2n) is 6.72. The molecule has 2 fully saturated rings. The third kappa shape index (κ3) is 3.10. The van der Waals surface area contributed by atoms with Crippen molar-refractivity contribution in [2.75, 3.05) is 19.7 Å². The van der Waals surface area contributed by atoms with Crippen molar-refractivity contribution in [2.24, 2.45) is 5.92 Å². The van der Waals surface area contributed by atoms with Gasteiger partial charge in [-0.1, -0.05) is 29.3 Å². The van der Waals surface area contributed by atoms with E-state index in [1.54, 1.807) is 0 Å². The number of quaternary nitrogens is 1. The minimum atomic E-state index is 0.339. The number of aliphatic hydroxyl groups is 1. The molecule has 2 aliphatic rings. The summed E-state index contributed by atoms with van der Waals surface area (Å²) < 4.78 is 1.14. The van der Waals surface area contributed by atoms with Crippen LogP contribution in [0.1, 0.15) is 37.7 Å². The van der Waals surface area contributed by atoms with Gasteiger partial charge in [0.25, 0.3) is 0 Å². The topological polar surface area (TPSA) is 20.2 Å². The van der Waals surface area contributed by atoms with Crippen LogP contribution in [-0.4, -0.2) is 35.3 Å².